The van der Waals surface area contributed by atoms with Crippen molar-refractivity contribution in [2.24, 2.45) is 0 Å². The molecule has 7 heteroatoms. The molecular formula is C15H12Cl2FNO3. The van der Waals surface area contributed by atoms with E-state index in [4.69, 9.17) is 28.3 Å². The molecule has 0 bridgehead atoms. The summed E-state index contributed by atoms with van der Waals surface area (Å²) in [4.78, 5) is 11.8. The van der Waals surface area contributed by atoms with Gasteiger partial charge >= 0.3 is 0 Å². The molecule has 0 aliphatic rings. The molecule has 0 unspecified atom stereocenters. The zero-order chi connectivity index (χ0) is 16.3. The lowest BCUT2D eigenvalue weighted by molar-refractivity contribution is -0.120. The second-order valence-corrected chi connectivity index (χ2v) is 5.47. The van der Waals surface area contributed by atoms with Gasteiger partial charge in [-0.2, -0.15) is 0 Å². The molecule has 0 saturated heterocycles. The summed E-state index contributed by atoms with van der Waals surface area (Å²) in [5.74, 6) is -2.09. The van der Waals surface area contributed by atoms with Gasteiger partial charge in [0.2, 0.25) is 5.91 Å². The Morgan fingerprint density at radius 1 is 1.09 bits per heavy atom. The van der Waals surface area contributed by atoms with Crippen LogP contribution in [0.1, 0.15) is 11.1 Å². The van der Waals surface area contributed by atoms with Crippen molar-refractivity contribution in [2.75, 3.05) is 0 Å². The van der Waals surface area contributed by atoms with Crippen LogP contribution in [0.4, 0.5) is 4.39 Å². The summed E-state index contributed by atoms with van der Waals surface area (Å²) in [6, 6.07) is 6.63. The van der Waals surface area contributed by atoms with Crippen molar-refractivity contribution >= 4 is 29.1 Å². The van der Waals surface area contributed by atoms with Crippen molar-refractivity contribution in [2.45, 2.75) is 13.0 Å². The van der Waals surface area contributed by atoms with Gasteiger partial charge in [-0.1, -0.05) is 29.3 Å². The predicted octanol–water partition coefficient (Wildman–Crippen LogP) is 3.40. The number of phenolic OH excluding ortho intramolecular Hbond substituents is 2. The second-order valence-electron chi connectivity index (χ2n) is 4.62. The summed E-state index contributed by atoms with van der Waals surface area (Å²) < 4.78 is 13.6. The quantitative estimate of drug-likeness (QED) is 0.745. The molecule has 0 aliphatic heterocycles. The van der Waals surface area contributed by atoms with Crippen LogP contribution in [-0.2, 0) is 17.8 Å². The summed E-state index contributed by atoms with van der Waals surface area (Å²) in [7, 11) is 0. The highest BCUT2D eigenvalue weighted by Gasteiger charge is 2.11. The largest absolute Gasteiger partial charge is 0.504 e. The minimum absolute atomic E-state index is 0.0156. The van der Waals surface area contributed by atoms with E-state index < -0.39 is 17.3 Å². The molecule has 3 N–H and O–H groups in total. The van der Waals surface area contributed by atoms with Crippen molar-refractivity contribution in [3.05, 3.63) is 57.3 Å². The van der Waals surface area contributed by atoms with Crippen LogP contribution in [-0.4, -0.2) is 16.1 Å². The van der Waals surface area contributed by atoms with Gasteiger partial charge in [-0.15, -0.1) is 0 Å². The summed E-state index contributed by atoms with van der Waals surface area (Å²) in [6.07, 6.45) is 0.0156. The van der Waals surface area contributed by atoms with E-state index in [1.165, 1.54) is 6.07 Å². The van der Waals surface area contributed by atoms with Crippen molar-refractivity contribution < 1.29 is 19.4 Å². The minimum Gasteiger partial charge on any atom is -0.504 e. The summed E-state index contributed by atoms with van der Waals surface area (Å²) in [5, 5.41) is 21.8. The van der Waals surface area contributed by atoms with Gasteiger partial charge in [0.1, 0.15) is 5.82 Å². The Balaban J connectivity index is 2.00. The number of amides is 1. The van der Waals surface area contributed by atoms with Gasteiger partial charge in [0.05, 0.1) is 6.42 Å². The zero-order valence-corrected chi connectivity index (χ0v) is 12.7. The Morgan fingerprint density at radius 3 is 2.45 bits per heavy atom. The van der Waals surface area contributed by atoms with E-state index in [0.717, 1.165) is 12.1 Å². The number of benzene rings is 2. The Hall–Kier alpha value is -1.98. The van der Waals surface area contributed by atoms with E-state index in [9.17, 15) is 14.3 Å². The molecule has 1 amide bonds. The highest BCUT2D eigenvalue weighted by molar-refractivity contribution is 6.35. The molecule has 2 aromatic rings. The first-order valence-electron chi connectivity index (χ1n) is 6.28. The highest BCUT2D eigenvalue weighted by atomic mass is 35.5. The number of carbonyl (C=O) groups is 1. The van der Waals surface area contributed by atoms with Crippen LogP contribution in [0.2, 0.25) is 10.0 Å². The van der Waals surface area contributed by atoms with Gasteiger partial charge in [0.15, 0.2) is 11.5 Å². The topological polar surface area (TPSA) is 69.6 Å². The molecule has 22 heavy (non-hydrogen) atoms. The molecule has 0 spiro atoms. The molecule has 2 rings (SSSR count). The van der Waals surface area contributed by atoms with E-state index in [1.54, 1.807) is 12.1 Å². The lowest BCUT2D eigenvalue weighted by atomic mass is 10.1. The fourth-order valence-corrected chi connectivity index (χ4v) is 2.30. The van der Waals surface area contributed by atoms with Gasteiger partial charge in [-0.25, -0.2) is 4.39 Å². The van der Waals surface area contributed by atoms with Gasteiger partial charge < -0.3 is 15.5 Å². The van der Waals surface area contributed by atoms with Crippen LogP contribution in [0.3, 0.4) is 0 Å². The maximum Gasteiger partial charge on any atom is 0.224 e. The number of rotatable bonds is 4. The van der Waals surface area contributed by atoms with Crippen molar-refractivity contribution in [1.29, 1.82) is 0 Å². The molecule has 0 heterocycles. The molecule has 116 valence electrons. The van der Waals surface area contributed by atoms with Gasteiger partial charge in [0.25, 0.3) is 0 Å². The fourth-order valence-electron chi connectivity index (χ4n) is 1.82. The maximum absolute atomic E-state index is 13.6. The molecule has 0 saturated carbocycles. The smallest absolute Gasteiger partial charge is 0.224 e. The number of hydrogen-bond donors (Lipinski definition) is 3. The van der Waals surface area contributed by atoms with E-state index >= 15 is 0 Å². The Bertz CT molecular complexity index is 722. The zero-order valence-electron chi connectivity index (χ0n) is 11.2. The SMILES string of the molecule is O=C(Cc1ccc(Cl)cc1Cl)NCc1cc(O)c(O)cc1F. The summed E-state index contributed by atoms with van der Waals surface area (Å²) >= 11 is 11.7. The lowest BCUT2D eigenvalue weighted by Crippen LogP contribution is -2.25. The van der Waals surface area contributed by atoms with Crippen LogP contribution in [0.25, 0.3) is 0 Å². The van der Waals surface area contributed by atoms with Crippen molar-refractivity contribution in [3.8, 4) is 11.5 Å². The van der Waals surface area contributed by atoms with Gasteiger partial charge in [-0.05, 0) is 23.8 Å². The van der Waals surface area contributed by atoms with E-state index in [1.807, 2.05) is 0 Å². The molecule has 0 aliphatic carbocycles. The number of nitrogens with one attached hydrogen (secondary N) is 1. The van der Waals surface area contributed by atoms with Crippen LogP contribution < -0.4 is 5.32 Å². The summed E-state index contributed by atoms with van der Waals surface area (Å²) in [6.45, 7) is -0.121. The molecule has 0 atom stereocenters. The third-order valence-electron chi connectivity index (χ3n) is 2.99. The van der Waals surface area contributed by atoms with Crippen LogP contribution in [0.15, 0.2) is 30.3 Å². The van der Waals surface area contributed by atoms with Crippen LogP contribution in [0.5, 0.6) is 11.5 Å². The third-order valence-corrected chi connectivity index (χ3v) is 3.57. The first-order valence-corrected chi connectivity index (χ1v) is 7.03. The molecule has 0 fully saturated rings. The highest BCUT2D eigenvalue weighted by Crippen LogP contribution is 2.27. The Kier molecular flexibility index (Phi) is 5.11. The van der Waals surface area contributed by atoms with E-state index in [0.29, 0.717) is 15.6 Å². The monoisotopic (exact) mass is 343 g/mol. The minimum atomic E-state index is -0.722. The van der Waals surface area contributed by atoms with Crippen molar-refractivity contribution in [1.82, 2.24) is 5.32 Å². The standard InChI is InChI=1S/C15H12Cl2FNO3/c16-10-2-1-8(11(17)5-10)4-15(22)19-7-9-3-13(20)14(21)6-12(9)18/h1-3,5-6,20-21H,4,7H2,(H,19,22). The van der Waals surface area contributed by atoms with Crippen LogP contribution >= 0.6 is 23.2 Å². The predicted molar refractivity (Wildman–Crippen MR) is 81.7 cm³/mol. The number of phenols is 2. The van der Waals surface area contributed by atoms with Gasteiger partial charge in [0, 0.05) is 28.2 Å². The molecule has 2 aromatic carbocycles. The average molecular weight is 344 g/mol. The van der Waals surface area contributed by atoms with Crippen LogP contribution in [0, 0.1) is 5.82 Å². The lowest BCUT2D eigenvalue weighted by Gasteiger charge is -2.09. The fraction of sp³-hybridized carbons (Fsp3) is 0.133. The average Bonchev–Trinajstić information content (AvgIpc) is 2.44. The van der Waals surface area contributed by atoms with Gasteiger partial charge in [-0.3, -0.25) is 4.79 Å². The normalized spacial score (nSPS) is 10.5. The number of carbonyl (C=O) groups excluding carboxylic acids is 1. The first-order chi connectivity index (χ1) is 10.4. The number of hydrogen-bond acceptors (Lipinski definition) is 3. The Labute approximate surface area is 136 Å². The molecule has 0 radical (unpaired) electrons. The summed E-state index contributed by atoms with van der Waals surface area (Å²) in [5.41, 5.74) is 0.656. The second kappa shape index (κ2) is 6.85. The van der Waals surface area contributed by atoms with E-state index in [-0.39, 0.29) is 24.4 Å². The number of aromatic hydroxyl groups is 2. The number of halogens is 3. The molecular weight excluding hydrogens is 332 g/mol. The first kappa shape index (κ1) is 16.4. The maximum atomic E-state index is 13.6. The van der Waals surface area contributed by atoms with E-state index in [2.05, 4.69) is 5.32 Å². The molecule has 0 aromatic heterocycles. The molecule has 4 nitrogen and oxygen atoms in total. The van der Waals surface area contributed by atoms with Crippen molar-refractivity contribution in [3.63, 3.8) is 0 Å². The Morgan fingerprint density at radius 2 is 1.77 bits per heavy atom. The third kappa shape index (κ3) is 4.02.